The number of hydrogen-bond acceptors (Lipinski definition) is 2. The molecule has 1 rings (SSSR count). The summed E-state index contributed by atoms with van der Waals surface area (Å²) in [4.78, 5) is 10.4. The summed E-state index contributed by atoms with van der Waals surface area (Å²) in [6.07, 6.45) is 0. The summed E-state index contributed by atoms with van der Waals surface area (Å²) in [6, 6.07) is 4.45. The van der Waals surface area contributed by atoms with Crippen molar-refractivity contribution >= 4 is 29.2 Å². The molecule has 0 fully saturated rings. The molecule has 11 heavy (non-hydrogen) atoms. The van der Waals surface area contributed by atoms with E-state index in [1.807, 2.05) is 0 Å². The van der Waals surface area contributed by atoms with Gasteiger partial charge in [0.25, 0.3) is 0 Å². The monoisotopic (exact) mass is 189 g/mol. The number of hydrogen-bond donors (Lipinski definition) is 0. The van der Waals surface area contributed by atoms with Crippen LogP contribution in [0.25, 0.3) is 0 Å². The third kappa shape index (κ3) is 1.64. The number of carbonyl (C=O) groups excluding carboxylic acids is 1. The van der Waals surface area contributed by atoms with Crippen LogP contribution >= 0.6 is 23.2 Å². The van der Waals surface area contributed by atoms with Crippen LogP contribution in [0.4, 0.5) is 0 Å². The van der Waals surface area contributed by atoms with Gasteiger partial charge in [-0.2, -0.15) is 0 Å². The summed E-state index contributed by atoms with van der Waals surface area (Å²) in [5.74, 6) is -1.36. The number of carboxylic acids is 1. The van der Waals surface area contributed by atoms with Crippen LogP contribution in [0.3, 0.4) is 0 Å². The van der Waals surface area contributed by atoms with Gasteiger partial charge in [0.1, 0.15) is 0 Å². The lowest BCUT2D eigenvalue weighted by Gasteiger charge is -2.05. The minimum atomic E-state index is -1.36. The van der Waals surface area contributed by atoms with Crippen LogP contribution in [0, 0.1) is 0 Å². The molecule has 0 atom stereocenters. The zero-order chi connectivity index (χ0) is 8.43. The average molecular weight is 190 g/mol. The predicted molar refractivity (Wildman–Crippen MR) is 40.8 cm³/mol. The van der Waals surface area contributed by atoms with Gasteiger partial charge in [-0.15, -0.1) is 0 Å². The molecule has 1 aromatic rings. The molecule has 0 heterocycles. The highest BCUT2D eigenvalue weighted by atomic mass is 35.5. The lowest BCUT2D eigenvalue weighted by molar-refractivity contribution is -0.255. The van der Waals surface area contributed by atoms with Gasteiger partial charge in [-0.3, -0.25) is 0 Å². The molecule has 0 unspecified atom stereocenters. The van der Waals surface area contributed by atoms with Crippen molar-refractivity contribution < 1.29 is 9.90 Å². The Morgan fingerprint density at radius 1 is 1.27 bits per heavy atom. The van der Waals surface area contributed by atoms with Crippen molar-refractivity contribution in [1.82, 2.24) is 0 Å². The minimum absolute atomic E-state index is 0.0949. The van der Waals surface area contributed by atoms with Gasteiger partial charge in [0, 0.05) is 5.56 Å². The van der Waals surface area contributed by atoms with Crippen LogP contribution in [0.15, 0.2) is 18.2 Å². The summed E-state index contributed by atoms with van der Waals surface area (Å²) < 4.78 is 0. The lowest BCUT2D eigenvalue weighted by Crippen LogP contribution is -2.23. The predicted octanol–water partition coefficient (Wildman–Crippen LogP) is 1.36. The lowest BCUT2D eigenvalue weighted by atomic mass is 10.2. The van der Waals surface area contributed by atoms with E-state index in [2.05, 4.69) is 0 Å². The standard InChI is InChI=1S/C7H4Cl2O2/c8-4-2-1-3-5(9)6(4)7(10)11/h1-3H,(H,10,11)/p-1. The molecule has 0 bridgehead atoms. The summed E-state index contributed by atoms with van der Waals surface area (Å²) >= 11 is 11.0. The second kappa shape index (κ2) is 3.11. The Bertz CT molecular complexity index is 276. The molecule has 0 N–H and O–H groups in total. The van der Waals surface area contributed by atoms with Crippen molar-refractivity contribution in [3.63, 3.8) is 0 Å². The molecular weight excluding hydrogens is 187 g/mol. The molecule has 0 aliphatic rings. The molecular formula is C7H3Cl2O2-. The fourth-order valence-electron chi connectivity index (χ4n) is 0.693. The van der Waals surface area contributed by atoms with Crippen molar-refractivity contribution in [3.05, 3.63) is 33.8 Å². The molecule has 0 amide bonds. The number of carboxylic acid groups (broad SMARTS) is 1. The Labute approximate surface area is 73.4 Å². The van der Waals surface area contributed by atoms with Crippen molar-refractivity contribution in [2.24, 2.45) is 0 Å². The second-order valence-electron chi connectivity index (χ2n) is 1.88. The number of halogens is 2. The molecule has 0 aliphatic heterocycles. The van der Waals surface area contributed by atoms with Crippen LogP contribution in [0.2, 0.25) is 10.0 Å². The maximum atomic E-state index is 10.4. The molecule has 0 saturated carbocycles. The average Bonchev–Trinajstić information content (AvgIpc) is 1.85. The maximum Gasteiger partial charge on any atom is 0.0745 e. The van der Waals surface area contributed by atoms with Crippen LogP contribution in [0.1, 0.15) is 10.4 Å². The Hall–Kier alpha value is -0.730. The van der Waals surface area contributed by atoms with Gasteiger partial charge in [-0.1, -0.05) is 29.3 Å². The first-order valence-electron chi connectivity index (χ1n) is 2.78. The van der Waals surface area contributed by atoms with E-state index in [0.717, 1.165) is 0 Å². The summed E-state index contributed by atoms with van der Waals surface area (Å²) in [5.41, 5.74) is -0.157. The maximum absolute atomic E-state index is 10.4. The Morgan fingerprint density at radius 3 is 2.00 bits per heavy atom. The highest BCUT2D eigenvalue weighted by Gasteiger charge is 2.04. The first kappa shape index (κ1) is 8.37. The Morgan fingerprint density at radius 2 is 1.73 bits per heavy atom. The normalized spacial score (nSPS) is 9.64. The van der Waals surface area contributed by atoms with Crippen LogP contribution in [0.5, 0.6) is 0 Å². The molecule has 0 spiro atoms. The van der Waals surface area contributed by atoms with E-state index in [1.165, 1.54) is 12.1 Å². The van der Waals surface area contributed by atoms with E-state index in [9.17, 15) is 9.90 Å². The van der Waals surface area contributed by atoms with E-state index < -0.39 is 5.97 Å². The molecule has 0 aromatic heterocycles. The number of rotatable bonds is 1. The Kier molecular flexibility index (Phi) is 2.37. The van der Waals surface area contributed by atoms with E-state index in [1.54, 1.807) is 6.07 Å². The fraction of sp³-hybridized carbons (Fsp3) is 0. The van der Waals surface area contributed by atoms with Gasteiger partial charge >= 0.3 is 0 Å². The second-order valence-corrected chi connectivity index (χ2v) is 2.70. The fourth-order valence-corrected chi connectivity index (χ4v) is 1.24. The number of benzene rings is 1. The largest absolute Gasteiger partial charge is 0.545 e. The SMILES string of the molecule is O=C([O-])c1c(Cl)cccc1Cl. The van der Waals surface area contributed by atoms with Crippen molar-refractivity contribution in [2.75, 3.05) is 0 Å². The van der Waals surface area contributed by atoms with E-state index >= 15 is 0 Å². The Balaban J connectivity index is 3.32. The zero-order valence-corrected chi connectivity index (χ0v) is 6.82. The number of carbonyl (C=O) groups is 1. The molecule has 0 aliphatic carbocycles. The molecule has 0 radical (unpaired) electrons. The summed E-state index contributed by atoms with van der Waals surface area (Å²) in [5, 5.41) is 10.6. The van der Waals surface area contributed by atoms with Gasteiger partial charge in [-0.25, -0.2) is 0 Å². The first-order valence-corrected chi connectivity index (χ1v) is 3.54. The minimum Gasteiger partial charge on any atom is -0.545 e. The first-order chi connectivity index (χ1) is 5.13. The molecule has 2 nitrogen and oxygen atoms in total. The summed E-state index contributed by atoms with van der Waals surface area (Å²) in [7, 11) is 0. The highest BCUT2D eigenvalue weighted by molar-refractivity contribution is 6.39. The van der Waals surface area contributed by atoms with Gasteiger partial charge in [0.05, 0.1) is 16.0 Å². The number of aromatic carboxylic acids is 1. The molecule has 4 heteroatoms. The highest BCUT2D eigenvalue weighted by Crippen LogP contribution is 2.22. The van der Waals surface area contributed by atoms with Crippen LogP contribution in [-0.2, 0) is 0 Å². The van der Waals surface area contributed by atoms with Gasteiger partial charge in [0.2, 0.25) is 0 Å². The molecule has 1 aromatic carbocycles. The van der Waals surface area contributed by atoms with E-state index in [4.69, 9.17) is 23.2 Å². The van der Waals surface area contributed by atoms with Gasteiger partial charge < -0.3 is 9.90 Å². The van der Waals surface area contributed by atoms with E-state index in [-0.39, 0.29) is 15.6 Å². The van der Waals surface area contributed by atoms with Crippen molar-refractivity contribution in [1.29, 1.82) is 0 Å². The van der Waals surface area contributed by atoms with Gasteiger partial charge in [-0.05, 0) is 12.1 Å². The zero-order valence-electron chi connectivity index (χ0n) is 5.30. The third-order valence-electron chi connectivity index (χ3n) is 1.17. The van der Waals surface area contributed by atoms with Crippen molar-refractivity contribution in [2.45, 2.75) is 0 Å². The smallest absolute Gasteiger partial charge is 0.0745 e. The third-order valence-corrected chi connectivity index (χ3v) is 1.80. The van der Waals surface area contributed by atoms with Crippen LogP contribution < -0.4 is 5.11 Å². The topological polar surface area (TPSA) is 40.1 Å². The quantitative estimate of drug-likeness (QED) is 0.670. The summed E-state index contributed by atoms with van der Waals surface area (Å²) in [6.45, 7) is 0. The van der Waals surface area contributed by atoms with Crippen LogP contribution in [-0.4, -0.2) is 5.97 Å². The molecule has 0 saturated heterocycles. The van der Waals surface area contributed by atoms with E-state index in [0.29, 0.717) is 0 Å². The van der Waals surface area contributed by atoms with Gasteiger partial charge in [0.15, 0.2) is 0 Å². The van der Waals surface area contributed by atoms with Crippen molar-refractivity contribution in [3.8, 4) is 0 Å². The molecule has 58 valence electrons.